The third kappa shape index (κ3) is 4.85. The lowest BCUT2D eigenvalue weighted by molar-refractivity contribution is -0.117. The first-order valence-corrected chi connectivity index (χ1v) is 11.5. The molecule has 34 heavy (non-hydrogen) atoms. The number of amides is 2. The van der Waals surface area contributed by atoms with Crippen LogP contribution in [0.5, 0.6) is 5.75 Å². The van der Waals surface area contributed by atoms with Gasteiger partial charge in [0.2, 0.25) is 5.91 Å². The van der Waals surface area contributed by atoms with Crippen LogP contribution in [0.1, 0.15) is 16.9 Å². The fourth-order valence-electron chi connectivity index (χ4n) is 3.66. The number of thioether (sulfide) groups is 1. The molecule has 1 aromatic heterocycles. The van der Waals surface area contributed by atoms with Gasteiger partial charge >= 0.3 is 0 Å². The van der Waals surface area contributed by atoms with E-state index in [4.69, 9.17) is 9.15 Å². The minimum absolute atomic E-state index is 0.118. The quantitative estimate of drug-likeness (QED) is 0.405. The fourth-order valence-corrected chi connectivity index (χ4v) is 4.96. The molecule has 0 saturated carbocycles. The van der Waals surface area contributed by atoms with Gasteiger partial charge in [-0.1, -0.05) is 36.0 Å². The van der Waals surface area contributed by atoms with Crippen molar-refractivity contribution in [2.45, 2.75) is 25.1 Å². The Kier molecular flexibility index (Phi) is 7.04. The summed E-state index contributed by atoms with van der Waals surface area (Å²) in [5, 5.41) is 12.5. The van der Waals surface area contributed by atoms with Gasteiger partial charge in [-0.2, -0.15) is 5.26 Å². The molecule has 3 aromatic rings. The molecule has 4 rings (SSSR count). The van der Waals surface area contributed by atoms with Crippen molar-refractivity contribution < 1.29 is 18.7 Å². The van der Waals surface area contributed by atoms with Gasteiger partial charge in [-0.3, -0.25) is 14.5 Å². The Bertz CT molecular complexity index is 1260. The van der Waals surface area contributed by atoms with Crippen molar-refractivity contribution in [1.82, 2.24) is 5.32 Å². The Morgan fingerprint density at radius 2 is 1.94 bits per heavy atom. The summed E-state index contributed by atoms with van der Waals surface area (Å²) in [5.41, 5.74) is 2.58. The first-order chi connectivity index (χ1) is 16.5. The van der Waals surface area contributed by atoms with Gasteiger partial charge in [0, 0.05) is 5.69 Å². The highest BCUT2D eigenvalue weighted by Crippen LogP contribution is 2.42. The third-order valence-corrected chi connectivity index (χ3v) is 6.77. The van der Waals surface area contributed by atoms with E-state index in [9.17, 15) is 14.9 Å². The van der Waals surface area contributed by atoms with E-state index in [1.54, 1.807) is 43.5 Å². The fraction of sp³-hybridized carbons (Fsp3) is 0.192. The molecule has 0 radical (unpaired) electrons. The molecule has 1 aliphatic rings. The van der Waals surface area contributed by atoms with Crippen molar-refractivity contribution in [3.8, 4) is 11.8 Å². The summed E-state index contributed by atoms with van der Waals surface area (Å²) < 4.78 is 10.5. The number of nitrogens with zero attached hydrogens (tertiary/aromatic N) is 2. The van der Waals surface area contributed by atoms with Crippen molar-refractivity contribution in [2.75, 3.05) is 12.0 Å². The van der Waals surface area contributed by atoms with Crippen LogP contribution in [0.3, 0.4) is 0 Å². The van der Waals surface area contributed by atoms with E-state index in [0.29, 0.717) is 28.6 Å². The van der Waals surface area contributed by atoms with Crippen LogP contribution in [-0.4, -0.2) is 24.2 Å². The number of methoxy groups -OCH3 is 1. The minimum Gasteiger partial charge on any atom is -0.497 e. The van der Waals surface area contributed by atoms with Crippen LogP contribution in [0.4, 0.5) is 5.69 Å². The van der Waals surface area contributed by atoms with Crippen molar-refractivity contribution in [2.24, 2.45) is 0 Å². The number of hydrogen-bond donors (Lipinski definition) is 1. The molecule has 7 nitrogen and oxygen atoms in total. The van der Waals surface area contributed by atoms with Crippen molar-refractivity contribution in [1.29, 1.82) is 5.26 Å². The number of benzene rings is 2. The standard InChI is InChI=1S/C26H23N3O4S/c1-17-6-3-4-7-18(17)14-23-25(31)29(19-9-11-20(32-2)12-10-19)26(34-23)22(15-27)24(30)28-16-21-8-5-13-33-21/h3-13,23H,14,16H2,1-2H3,(H,28,30)/b26-22-. The highest BCUT2D eigenvalue weighted by atomic mass is 32.2. The van der Waals surface area contributed by atoms with Gasteiger partial charge in [-0.05, 0) is 60.9 Å². The van der Waals surface area contributed by atoms with Crippen LogP contribution >= 0.6 is 11.8 Å². The van der Waals surface area contributed by atoms with E-state index in [2.05, 4.69) is 5.32 Å². The lowest BCUT2D eigenvalue weighted by atomic mass is 10.0. The van der Waals surface area contributed by atoms with Gasteiger partial charge in [-0.25, -0.2) is 0 Å². The smallest absolute Gasteiger partial charge is 0.265 e. The number of carbonyl (C=O) groups is 2. The average molecular weight is 474 g/mol. The summed E-state index contributed by atoms with van der Waals surface area (Å²) in [6.45, 7) is 2.14. The topological polar surface area (TPSA) is 95.6 Å². The first kappa shape index (κ1) is 23.2. The van der Waals surface area contributed by atoms with E-state index in [-0.39, 0.29) is 18.0 Å². The molecule has 1 saturated heterocycles. The lowest BCUT2D eigenvalue weighted by Crippen LogP contribution is -2.32. The summed E-state index contributed by atoms with van der Waals surface area (Å²) in [6.07, 6.45) is 2.00. The maximum absolute atomic E-state index is 13.6. The molecule has 2 heterocycles. The van der Waals surface area contributed by atoms with Crippen LogP contribution in [-0.2, 0) is 22.6 Å². The SMILES string of the molecule is COc1ccc(N2C(=O)C(Cc3ccccc3C)S/C2=C(/C#N)C(=O)NCc2ccco2)cc1. The molecule has 0 spiro atoms. The molecule has 0 aliphatic carbocycles. The zero-order valence-corrected chi connectivity index (χ0v) is 19.6. The maximum atomic E-state index is 13.6. The highest BCUT2D eigenvalue weighted by molar-refractivity contribution is 8.05. The molecular formula is C26H23N3O4S. The van der Waals surface area contributed by atoms with Gasteiger partial charge in [0.25, 0.3) is 5.91 Å². The Balaban J connectivity index is 1.69. The van der Waals surface area contributed by atoms with E-state index in [1.165, 1.54) is 22.9 Å². The Labute approximate surface area is 202 Å². The number of furan rings is 1. The lowest BCUT2D eigenvalue weighted by Gasteiger charge is -2.19. The minimum atomic E-state index is -0.566. The van der Waals surface area contributed by atoms with Gasteiger partial charge in [0.05, 0.1) is 25.2 Å². The normalized spacial score (nSPS) is 16.8. The summed E-state index contributed by atoms with van der Waals surface area (Å²) in [7, 11) is 1.56. The molecule has 8 heteroatoms. The molecular weight excluding hydrogens is 450 g/mol. The van der Waals surface area contributed by atoms with Crippen molar-refractivity contribution >= 4 is 29.3 Å². The van der Waals surface area contributed by atoms with Gasteiger partial charge in [-0.15, -0.1) is 0 Å². The van der Waals surface area contributed by atoms with E-state index in [1.807, 2.05) is 37.3 Å². The Morgan fingerprint density at radius 1 is 1.18 bits per heavy atom. The summed E-state index contributed by atoms with van der Waals surface area (Å²) >= 11 is 1.24. The van der Waals surface area contributed by atoms with Crippen LogP contribution in [0.2, 0.25) is 0 Å². The number of ether oxygens (including phenoxy) is 1. The number of nitriles is 1. The van der Waals surface area contributed by atoms with Crippen LogP contribution < -0.4 is 15.0 Å². The second-order valence-corrected chi connectivity index (χ2v) is 8.85. The molecule has 1 atom stereocenters. The van der Waals surface area contributed by atoms with E-state index >= 15 is 0 Å². The zero-order chi connectivity index (χ0) is 24.1. The molecule has 1 fully saturated rings. The largest absolute Gasteiger partial charge is 0.497 e. The zero-order valence-electron chi connectivity index (χ0n) is 18.8. The number of rotatable bonds is 7. The van der Waals surface area contributed by atoms with E-state index < -0.39 is 11.2 Å². The summed E-state index contributed by atoms with van der Waals surface area (Å²) in [4.78, 5) is 28.0. The Hall–Kier alpha value is -3.96. The Morgan fingerprint density at radius 3 is 2.59 bits per heavy atom. The second kappa shape index (κ2) is 10.3. The van der Waals surface area contributed by atoms with Crippen LogP contribution in [0.15, 0.2) is 81.9 Å². The van der Waals surface area contributed by atoms with Crippen LogP contribution in [0, 0.1) is 18.3 Å². The third-order valence-electron chi connectivity index (χ3n) is 5.51. The molecule has 1 aliphatic heterocycles. The molecule has 0 bridgehead atoms. The molecule has 1 N–H and O–H groups in total. The van der Waals surface area contributed by atoms with E-state index in [0.717, 1.165) is 11.1 Å². The number of hydrogen-bond acceptors (Lipinski definition) is 6. The molecule has 2 aromatic carbocycles. The molecule has 2 amide bonds. The predicted octanol–water partition coefficient (Wildman–Crippen LogP) is 4.34. The van der Waals surface area contributed by atoms with Crippen molar-refractivity contribution in [3.63, 3.8) is 0 Å². The van der Waals surface area contributed by atoms with Gasteiger partial charge < -0.3 is 14.5 Å². The maximum Gasteiger partial charge on any atom is 0.265 e. The van der Waals surface area contributed by atoms with Gasteiger partial charge in [0.1, 0.15) is 28.2 Å². The first-order valence-electron chi connectivity index (χ1n) is 10.7. The van der Waals surface area contributed by atoms with Gasteiger partial charge in [0.15, 0.2) is 0 Å². The number of aryl methyl sites for hydroxylation is 1. The van der Waals surface area contributed by atoms with Crippen molar-refractivity contribution in [3.05, 3.63) is 94.4 Å². The highest BCUT2D eigenvalue weighted by Gasteiger charge is 2.41. The second-order valence-electron chi connectivity index (χ2n) is 7.66. The molecule has 172 valence electrons. The number of carbonyl (C=O) groups excluding carboxylic acids is 2. The summed E-state index contributed by atoms with van der Waals surface area (Å²) in [6, 6.07) is 20.3. The van der Waals surface area contributed by atoms with Crippen LogP contribution in [0.25, 0.3) is 0 Å². The average Bonchev–Trinajstić information content (AvgIpc) is 3.48. The predicted molar refractivity (Wildman–Crippen MR) is 130 cm³/mol. The monoisotopic (exact) mass is 473 g/mol. The number of nitrogens with one attached hydrogen (secondary N) is 1. The molecule has 1 unspecified atom stereocenters. The number of anilines is 1. The summed E-state index contributed by atoms with van der Waals surface area (Å²) in [5.74, 6) is 0.459.